The van der Waals surface area contributed by atoms with E-state index in [0.717, 1.165) is 29.0 Å². The van der Waals surface area contributed by atoms with Gasteiger partial charge in [-0.3, -0.25) is 4.79 Å². The van der Waals surface area contributed by atoms with Crippen molar-refractivity contribution in [3.63, 3.8) is 0 Å². The predicted octanol–water partition coefficient (Wildman–Crippen LogP) is 4.36. The fourth-order valence-electron chi connectivity index (χ4n) is 3.18. The molecule has 2 aromatic carbocycles. The molecule has 0 bridgehead atoms. The number of carbonyl (C=O) groups excluding carboxylic acids is 1. The van der Waals surface area contributed by atoms with Crippen molar-refractivity contribution < 1.29 is 19.0 Å². The Labute approximate surface area is 154 Å². The lowest BCUT2D eigenvalue weighted by molar-refractivity contribution is -0.116. The van der Waals surface area contributed by atoms with E-state index in [2.05, 4.69) is 19.2 Å². The monoisotopic (exact) mass is 355 g/mol. The van der Waals surface area contributed by atoms with Gasteiger partial charge in [0.05, 0.1) is 20.3 Å². The molecule has 3 rings (SSSR count). The summed E-state index contributed by atoms with van der Waals surface area (Å²) >= 11 is 0. The first-order chi connectivity index (χ1) is 12.5. The van der Waals surface area contributed by atoms with Crippen LogP contribution in [0.5, 0.6) is 17.2 Å². The molecule has 5 heteroatoms. The predicted molar refractivity (Wildman–Crippen MR) is 101 cm³/mol. The number of benzene rings is 2. The third kappa shape index (κ3) is 3.62. The van der Waals surface area contributed by atoms with Crippen molar-refractivity contribution in [2.24, 2.45) is 0 Å². The zero-order valence-electron chi connectivity index (χ0n) is 15.7. The Morgan fingerprint density at radius 2 is 1.77 bits per heavy atom. The first-order valence-electron chi connectivity index (χ1n) is 8.88. The smallest absolute Gasteiger partial charge is 0.225 e. The third-order valence-corrected chi connectivity index (χ3v) is 4.79. The van der Waals surface area contributed by atoms with Crippen LogP contribution < -0.4 is 19.5 Å². The average molecular weight is 355 g/mol. The number of hydrogen-bond donors (Lipinski definition) is 1. The molecule has 1 aliphatic heterocycles. The lowest BCUT2D eigenvalue weighted by Gasteiger charge is -2.27. The first-order valence-corrected chi connectivity index (χ1v) is 8.88. The Morgan fingerprint density at radius 1 is 1.12 bits per heavy atom. The Bertz CT molecular complexity index is 785. The molecular formula is C21H25NO4. The lowest BCUT2D eigenvalue weighted by atomic mass is 9.84. The fraction of sp³-hybridized carbons (Fsp3) is 0.381. The molecule has 26 heavy (non-hydrogen) atoms. The van der Waals surface area contributed by atoms with Crippen LogP contribution in [0, 0.1) is 0 Å². The summed E-state index contributed by atoms with van der Waals surface area (Å²) in [6, 6.07) is 11.8. The van der Waals surface area contributed by atoms with Gasteiger partial charge in [-0.05, 0) is 42.7 Å². The number of nitrogens with one attached hydrogen (secondary N) is 1. The van der Waals surface area contributed by atoms with Crippen molar-refractivity contribution in [1.29, 1.82) is 0 Å². The summed E-state index contributed by atoms with van der Waals surface area (Å²) in [5, 5.41) is 2.93. The Balaban J connectivity index is 1.95. The molecule has 1 N–H and O–H groups in total. The molecule has 1 aliphatic rings. The molecule has 0 aromatic heterocycles. The Kier molecular flexibility index (Phi) is 5.35. The van der Waals surface area contributed by atoms with E-state index in [0.29, 0.717) is 17.9 Å². The number of carbonyl (C=O) groups is 1. The summed E-state index contributed by atoms with van der Waals surface area (Å²) in [7, 11) is 3.20. The van der Waals surface area contributed by atoms with Gasteiger partial charge >= 0.3 is 0 Å². The quantitative estimate of drug-likeness (QED) is 0.837. The maximum absolute atomic E-state index is 12.2. The van der Waals surface area contributed by atoms with Crippen LogP contribution in [0.4, 0.5) is 5.69 Å². The summed E-state index contributed by atoms with van der Waals surface area (Å²) in [4.78, 5) is 12.2. The van der Waals surface area contributed by atoms with Gasteiger partial charge in [0.2, 0.25) is 5.91 Å². The molecule has 2 unspecified atom stereocenters. The molecule has 0 spiro atoms. The maximum atomic E-state index is 12.2. The van der Waals surface area contributed by atoms with Gasteiger partial charge in [-0.1, -0.05) is 19.1 Å². The number of fused-ring (bicyclic) bond motifs is 1. The zero-order valence-corrected chi connectivity index (χ0v) is 15.7. The minimum absolute atomic E-state index is 0.00495. The number of rotatable bonds is 6. The van der Waals surface area contributed by atoms with Crippen molar-refractivity contribution >= 4 is 11.6 Å². The number of ether oxygens (including phenoxy) is 3. The SMILES string of the molecule is CCC(C)Oc1ccc(C2CC(=O)Nc3cc(OC)c(OC)cc32)cc1. The molecular weight excluding hydrogens is 330 g/mol. The van der Waals surface area contributed by atoms with Gasteiger partial charge in [0, 0.05) is 24.1 Å². The summed E-state index contributed by atoms with van der Waals surface area (Å²) in [6.45, 7) is 4.15. The van der Waals surface area contributed by atoms with E-state index in [-0.39, 0.29) is 17.9 Å². The van der Waals surface area contributed by atoms with Crippen LogP contribution in [0.15, 0.2) is 36.4 Å². The highest BCUT2D eigenvalue weighted by Gasteiger charge is 2.28. The number of anilines is 1. The fourth-order valence-corrected chi connectivity index (χ4v) is 3.18. The van der Waals surface area contributed by atoms with Crippen LogP contribution in [0.1, 0.15) is 43.7 Å². The minimum atomic E-state index is -0.0313. The molecule has 0 saturated carbocycles. The van der Waals surface area contributed by atoms with Gasteiger partial charge in [-0.15, -0.1) is 0 Å². The van der Waals surface area contributed by atoms with Crippen molar-refractivity contribution in [2.75, 3.05) is 19.5 Å². The first kappa shape index (κ1) is 18.1. The van der Waals surface area contributed by atoms with Crippen LogP contribution in [0.3, 0.4) is 0 Å². The van der Waals surface area contributed by atoms with Gasteiger partial charge < -0.3 is 19.5 Å². The molecule has 2 atom stereocenters. The van der Waals surface area contributed by atoms with Gasteiger partial charge in [0.15, 0.2) is 11.5 Å². The molecule has 0 radical (unpaired) electrons. The summed E-state index contributed by atoms with van der Waals surface area (Å²) in [6.07, 6.45) is 1.53. The molecule has 138 valence electrons. The van der Waals surface area contributed by atoms with E-state index in [9.17, 15) is 4.79 Å². The molecule has 0 fully saturated rings. The Morgan fingerprint density at radius 3 is 2.38 bits per heavy atom. The van der Waals surface area contributed by atoms with Crippen LogP contribution in [0.25, 0.3) is 0 Å². The van der Waals surface area contributed by atoms with E-state index >= 15 is 0 Å². The van der Waals surface area contributed by atoms with Gasteiger partial charge in [-0.2, -0.15) is 0 Å². The standard InChI is InChI=1S/C21H25NO4/c1-5-13(2)26-15-8-6-14(7-9-15)16-11-21(23)22-18-12-20(25-4)19(24-3)10-17(16)18/h6-10,12-13,16H,5,11H2,1-4H3,(H,22,23). The molecule has 2 aromatic rings. The second-order valence-corrected chi connectivity index (χ2v) is 6.51. The van der Waals surface area contributed by atoms with Crippen LogP contribution in [-0.2, 0) is 4.79 Å². The highest BCUT2D eigenvalue weighted by Crippen LogP contribution is 2.43. The van der Waals surface area contributed by atoms with E-state index < -0.39 is 0 Å². The molecule has 0 saturated heterocycles. The van der Waals surface area contributed by atoms with E-state index in [1.165, 1.54) is 0 Å². The third-order valence-electron chi connectivity index (χ3n) is 4.79. The summed E-state index contributed by atoms with van der Waals surface area (Å²) in [5.74, 6) is 2.07. The van der Waals surface area contributed by atoms with Crippen molar-refractivity contribution in [1.82, 2.24) is 0 Å². The van der Waals surface area contributed by atoms with Crippen LogP contribution in [0.2, 0.25) is 0 Å². The second kappa shape index (κ2) is 7.68. The molecule has 1 amide bonds. The zero-order chi connectivity index (χ0) is 18.7. The number of hydrogen-bond acceptors (Lipinski definition) is 4. The maximum Gasteiger partial charge on any atom is 0.225 e. The van der Waals surface area contributed by atoms with E-state index in [4.69, 9.17) is 14.2 Å². The highest BCUT2D eigenvalue weighted by atomic mass is 16.5. The normalized spacial score (nSPS) is 17.1. The van der Waals surface area contributed by atoms with E-state index in [1.807, 2.05) is 36.4 Å². The highest BCUT2D eigenvalue weighted by molar-refractivity contribution is 5.96. The van der Waals surface area contributed by atoms with Crippen molar-refractivity contribution in [3.05, 3.63) is 47.5 Å². The van der Waals surface area contributed by atoms with Gasteiger partial charge in [0.1, 0.15) is 5.75 Å². The van der Waals surface area contributed by atoms with E-state index in [1.54, 1.807) is 14.2 Å². The second-order valence-electron chi connectivity index (χ2n) is 6.51. The number of methoxy groups -OCH3 is 2. The largest absolute Gasteiger partial charge is 0.493 e. The lowest BCUT2D eigenvalue weighted by Crippen LogP contribution is -2.23. The minimum Gasteiger partial charge on any atom is -0.493 e. The van der Waals surface area contributed by atoms with Gasteiger partial charge in [0.25, 0.3) is 0 Å². The van der Waals surface area contributed by atoms with Crippen molar-refractivity contribution in [3.8, 4) is 17.2 Å². The summed E-state index contributed by atoms with van der Waals surface area (Å²) in [5.41, 5.74) is 2.87. The average Bonchev–Trinajstić information content (AvgIpc) is 2.66. The molecule has 1 heterocycles. The van der Waals surface area contributed by atoms with Crippen molar-refractivity contribution in [2.45, 2.75) is 38.7 Å². The summed E-state index contributed by atoms with van der Waals surface area (Å²) < 4.78 is 16.6. The molecule has 0 aliphatic carbocycles. The van der Waals surface area contributed by atoms with Crippen LogP contribution >= 0.6 is 0 Å². The van der Waals surface area contributed by atoms with Gasteiger partial charge in [-0.25, -0.2) is 0 Å². The topological polar surface area (TPSA) is 56.8 Å². The van der Waals surface area contributed by atoms with Crippen LogP contribution in [-0.4, -0.2) is 26.2 Å². The number of amides is 1. The Hall–Kier alpha value is -2.69. The molecule has 5 nitrogen and oxygen atoms in total.